The highest BCUT2D eigenvalue weighted by molar-refractivity contribution is 7.80. The molecule has 0 N–H and O–H groups in total. The summed E-state index contributed by atoms with van der Waals surface area (Å²) >= 11 is 5.51. The summed E-state index contributed by atoms with van der Waals surface area (Å²) in [5.74, 6) is 1.41. The number of hydrogen-bond donors (Lipinski definition) is 0. The number of rotatable bonds is 9. The highest BCUT2D eigenvalue weighted by Crippen LogP contribution is 2.35. The van der Waals surface area contributed by atoms with Crippen LogP contribution in [0.5, 0.6) is 17.2 Å². The highest BCUT2D eigenvalue weighted by Gasteiger charge is 2.34. The smallest absolute Gasteiger partial charge is 0.414 e. The van der Waals surface area contributed by atoms with Crippen LogP contribution in [0.4, 0.5) is 20.6 Å². The third kappa shape index (κ3) is 5.99. The van der Waals surface area contributed by atoms with E-state index < -0.39 is 12.2 Å². The summed E-state index contributed by atoms with van der Waals surface area (Å²) < 4.78 is 42.4. The van der Waals surface area contributed by atoms with E-state index in [0.717, 1.165) is 5.56 Å². The minimum atomic E-state index is -0.523. The number of methoxy groups -OCH3 is 3. The minimum absolute atomic E-state index is 0.269. The lowest BCUT2D eigenvalue weighted by Gasteiger charge is -2.29. The van der Waals surface area contributed by atoms with Crippen molar-refractivity contribution in [3.8, 4) is 17.2 Å². The fraction of sp³-hybridized carbons (Fsp3) is 0.462. The largest absolute Gasteiger partial charge is 0.496 e. The Morgan fingerprint density at radius 3 is 2.35 bits per heavy atom. The molecule has 0 radical (unpaired) electrons. The van der Waals surface area contributed by atoms with E-state index in [1.807, 2.05) is 16.7 Å². The van der Waals surface area contributed by atoms with E-state index in [2.05, 4.69) is 0 Å². The number of ether oxygens (including phenoxy) is 5. The molecule has 0 saturated carbocycles. The van der Waals surface area contributed by atoms with E-state index in [9.17, 15) is 9.18 Å². The van der Waals surface area contributed by atoms with Crippen LogP contribution in [0.3, 0.4) is 0 Å². The molecule has 11 heteroatoms. The number of thiocarbonyl (C=S) groups is 1. The molecule has 2 aliphatic heterocycles. The number of halogens is 1. The summed E-state index contributed by atoms with van der Waals surface area (Å²) in [7, 11) is 4.72. The summed E-state index contributed by atoms with van der Waals surface area (Å²) in [4.78, 5) is 18.6. The summed E-state index contributed by atoms with van der Waals surface area (Å²) in [5, 5.41) is 0. The molecule has 2 aromatic rings. The molecule has 2 fully saturated rings. The van der Waals surface area contributed by atoms with Crippen LogP contribution in [0.15, 0.2) is 30.3 Å². The van der Waals surface area contributed by atoms with E-state index in [4.69, 9.17) is 35.9 Å². The number of hydrogen-bond acceptors (Lipinski definition) is 8. The first kappa shape index (κ1) is 26.7. The van der Waals surface area contributed by atoms with Crippen molar-refractivity contribution in [3.63, 3.8) is 0 Å². The van der Waals surface area contributed by atoms with Crippen LogP contribution in [-0.4, -0.2) is 82.8 Å². The Hall–Kier alpha value is -3.31. The molecule has 1 atom stereocenters. The fourth-order valence-corrected chi connectivity index (χ4v) is 4.67. The van der Waals surface area contributed by atoms with Crippen molar-refractivity contribution < 1.29 is 32.9 Å². The predicted molar refractivity (Wildman–Crippen MR) is 142 cm³/mol. The van der Waals surface area contributed by atoms with Crippen molar-refractivity contribution in [2.24, 2.45) is 0 Å². The molecule has 200 valence electrons. The molecule has 2 aromatic carbocycles. The first-order valence-corrected chi connectivity index (χ1v) is 12.4. The molecular weight excluding hydrogens is 501 g/mol. The highest BCUT2D eigenvalue weighted by atomic mass is 32.1. The number of morpholine rings is 1. The maximum absolute atomic E-state index is 14.9. The number of cyclic esters (lactones) is 1. The van der Waals surface area contributed by atoms with Crippen LogP contribution in [0, 0.1) is 5.82 Å². The van der Waals surface area contributed by atoms with E-state index >= 15 is 0 Å². The Labute approximate surface area is 221 Å². The van der Waals surface area contributed by atoms with Gasteiger partial charge in [-0.3, -0.25) is 4.90 Å². The summed E-state index contributed by atoms with van der Waals surface area (Å²) in [6.45, 7) is 5.18. The van der Waals surface area contributed by atoms with Crippen LogP contribution >= 0.6 is 12.2 Å². The van der Waals surface area contributed by atoms with Crippen molar-refractivity contribution >= 4 is 34.7 Å². The first-order chi connectivity index (χ1) is 17.8. The second kappa shape index (κ2) is 11.8. The zero-order chi connectivity index (χ0) is 26.5. The van der Waals surface area contributed by atoms with Gasteiger partial charge < -0.3 is 33.5 Å². The van der Waals surface area contributed by atoms with Gasteiger partial charge in [-0.2, -0.15) is 0 Å². The maximum atomic E-state index is 14.9. The van der Waals surface area contributed by atoms with Crippen LogP contribution in [0.1, 0.15) is 12.5 Å². The topological polar surface area (TPSA) is 72.9 Å². The molecule has 9 nitrogen and oxygen atoms in total. The van der Waals surface area contributed by atoms with Crippen molar-refractivity contribution in [1.82, 2.24) is 4.90 Å². The van der Waals surface area contributed by atoms with Gasteiger partial charge >= 0.3 is 6.09 Å². The van der Waals surface area contributed by atoms with Crippen molar-refractivity contribution in [2.45, 2.75) is 19.6 Å². The summed E-state index contributed by atoms with van der Waals surface area (Å²) in [6.07, 6.45) is -0.993. The van der Waals surface area contributed by atoms with Gasteiger partial charge in [0.15, 0.2) is 0 Å². The molecule has 2 aliphatic rings. The summed E-state index contributed by atoms with van der Waals surface area (Å²) in [5.41, 5.74) is 1.74. The van der Waals surface area contributed by atoms with E-state index in [-0.39, 0.29) is 12.4 Å². The molecule has 0 aliphatic carbocycles. The van der Waals surface area contributed by atoms with Gasteiger partial charge in [-0.05, 0) is 25.1 Å². The summed E-state index contributed by atoms with van der Waals surface area (Å²) in [6, 6.07) is 8.38. The lowest BCUT2D eigenvalue weighted by atomic mass is 10.1. The predicted octanol–water partition coefficient (Wildman–Crippen LogP) is 3.86. The standard InChI is InChI=1S/C26H32FN3O6S/c1-17(37)29(16-21-24(33-3)12-19(32-2)13-25(21)34-4)14-20-15-30(26(31)36-20)18-5-6-23(22(27)11-18)28-7-9-35-10-8-28/h5-6,11-13,20H,7-10,14-16H2,1-4H3/t20-/m0/s1. The van der Waals surface area contributed by atoms with Crippen molar-refractivity contribution in [2.75, 3.05) is 70.5 Å². The molecule has 0 unspecified atom stereocenters. The van der Waals surface area contributed by atoms with Gasteiger partial charge in [0.2, 0.25) is 0 Å². The second-order valence-corrected chi connectivity index (χ2v) is 9.35. The number of benzene rings is 2. The lowest BCUT2D eigenvalue weighted by Crippen LogP contribution is -2.37. The number of amides is 1. The number of anilines is 2. The Balaban J connectivity index is 1.48. The van der Waals surface area contributed by atoms with Crippen molar-refractivity contribution in [3.05, 3.63) is 41.7 Å². The molecule has 37 heavy (non-hydrogen) atoms. The van der Waals surface area contributed by atoms with Gasteiger partial charge in [0.1, 0.15) is 29.2 Å². The minimum Gasteiger partial charge on any atom is -0.496 e. The third-order valence-corrected chi connectivity index (χ3v) is 6.76. The normalized spacial score (nSPS) is 17.4. The molecule has 2 heterocycles. The van der Waals surface area contributed by atoms with E-state index in [1.54, 1.807) is 45.6 Å². The number of carbonyl (C=O) groups excluding carboxylic acids is 1. The Morgan fingerprint density at radius 2 is 1.78 bits per heavy atom. The number of carbonyl (C=O) groups is 1. The van der Waals surface area contributed by atoms with Crippen LogP contribution < -0.4 is 24.0 Å². The van der Waals surface area contributed by atoms with Gasteiger partial charge in [-0.25, -0.2) is 9.18 Å². The Bertz CT molecular complexity index is 1120. The molecule has 0 spiro atoms. The molecule has 0 aromatic heterocycles. The molecule has 0 bridgehead atoms. The Kier molecular flexibility index (Phi) is 8.55. The van der Waals surface area contributed by atoms with Crippen LogP contribution in [-0.2, 0) is 16.0 Å². The Morgan fingerprint density at radius 1 is 1.11 bits per heavy atom. The van der Waals surface area contributed by atoms with Gasteiger partial charge in [0, 0.05) is 25.2 Å². The first-order valence-electron chi connectivity index (χ1n) is 12.0. The van der Waals surface area contributed by atoms with E-state index in [1.165, 1.54) is 11.0 Å². The van der Waals surface area contributed by atoms with Gasteiger partial charge in [-0.1, -0.05) is 12.2 Å². The lowest BCUT2D eigenvalue weighted by molar-refractivity contribution is 0.122. The zero-order valence-corrected chi connectivity index (χ0v) is 22.3. The van der Waals surface area contributed by atoms with Gasteiger partial charge in [0.05, 0.1) is 76.1 Å². The fourth-order valence-electron chi connectivity index (χ4n) is 4.53. The van der Waals surface area contributed by atoms with Gasteiger partial charge in [-0.15, -0.1) is 0 Å². The molecule has 1 amide bonds. The average molecular weight is 534 g/mol. The SMILES string of the molecule is COc1cc(OC)c(CN(C[C@H]2CN(c3ccc(N4CCOCC4)c(F)c3)C(=O)O2)C(C)=S)c(OC)c1. The van der Waals surface area contributed by atoms with Crippen LogP contribution in [0.2, 0.25) is 0 Å². The van der Waals surface area contributed by atoms with E-state index in [0.29, 0.717) is 73.0 Å². The maximum Gasteiger partial charge on any atom is 0.414 e. The van der Waals surface area contributed by atoms with Crippen molar-refractivity contribution in [1.29, 1.82) is 0 Å². The molecule has 2 saturated heterocycles. The monoisotopic (exact) mass is 533 g/mol. The molecule has 4 rings (SSSR count). The van der Waals surface area contributed by atoms with Gasteiger partial charge in [0.25, 0.3) is 0 Å². The third-order valence-electron chi connectivity index (χ3n) is 6.50. The molecular formula is C26H32FN3O6S. The number of nitrogens with zero attached hydrogens (tertiary/aromatic N) is 3. The van der Waals surface area contributed by atoms with Crippen LogP contribution in [0.25, 0.3) is 0 Å². The quantitative estimate of drug-likeness (QED) is 0.447. The average Bonchev–Trinajstić information content (AvgIpc) is 3.28. The zero-order valence-electron chi connectivity index (χ0n) is 21.5. The second-order valence-electron chi connectivity index (χ2n) is 8.76.